The zero-order chi connectivity index (χ0) is 18.4. The van der Waals surface area contributed by atoms with Crippen LogP contribution in [-0.4, -0.2) is 65.6 Å². The Hall–Kier alpha value is -1.35. The number of amides is 1. The molecule has 1 aliphatic rings. The van der Waals surface area contributed by atoms with E-state index in [-0.39, 0.29) is 22.4 Å². The summed E-state index contributed by atoms with van der Waals surface area (Å²) in [6.07, 6.45) is 0.698. The largest absolute Gasteiger partial charge is 0.482 e. The number of likely N-dealkylation sites (N-methyl/N-ethyl adjacent to an activating group) is 1. The molecule has 1 heterocycles. The second-order valence-electron chi connectivity index (χ2n) is 6.12. The first-order valence-electron chi connectivity index (χ1n) is 8.34. The van der Waals surface area contributed by atoms with Crippen molar-refractivity contribution in [2.24, 2.45) is 0 Å². The third-order valence-corrected chi connectivity index (χ3v) is 5.83. The molecular weight excluding hydrogens is 366 g/mol. The summed E-state index contributed by atoms with van der Waals surface area (Å²) in [5.41, 5.74) is 0. The van der Waals surface area contributed by atoms with Crippen LogP contribution in [0, 0.1) is 0 Å². The summed E-state index contributed by atoms with van der Waals surface area (Å²) in [6, 6.07) is 4.23. The van der Waals surface area contributed by atoms with Crippen molar-refractivity contribution in [2.75, 3.05) is 46.4 Å². The summed E-state index contributed by atoms with van der Waals surface area (Å²) in [4.78, 5) is 15.4. The lowest BCUT2D eigenvalue weighted by atomic mass is 10.3. The standard InChI is InChI=1S/C16H24ClN3O4S/c1-3-6-18-25(22,23)13-4-5-15(14(17)11-13)24-12-16(21)20-9-7-19(2)8-10-20/h4-5,11,18H,3,6-10,12H2,1-2H3/p+1. The van der Waals surface area contributed by atoms with Gasteiger partial charge < -0.3 is 14.5 Å². The second-order valence-corrected chi connectivity index (χ2v) is 8.29. The number of sulfonamides is 1. The van der Waals surface area contributed by atoms with Crippen molar-refractivity contribution in [1.82, 2.24) is 9.62 Å². The molecule has 0 aromatic heterocycles. The van der Waals surface area contributed by atoms with Crippen molar-refractivity contribution < 1.29 is 22.8 Å². The van der Waals surface area contributed by atoms with Crippen molar-refractivity contribution in [3.05, 3.63) is 23.2 Å². The van der Waals surface area contributed by atoms with E-state index in [2.05, 4.69) is 11.8 Å². The molecule has 1 aromatic rings. The number of piperazine rings is 1. The fourth-order valence-corrected chi connectivity index (χ4v) is 3.91. The van der Waals surface area contributed by atoms with Crippen LogP contribution in [0.4, 0.5) is 0 Å². The maximum absolute atomic E-state index is 12.2. The van der Waals surface area contributed by atoms with Gasteiger partial charge in [0.2, 0.25) is 10.0 Å². The quantitative estimate of drug-likeness (QED) is 0.673. The summed E-state index contributed by atoms with van der Waals surface area (Å²) in [6.45, 7) is 5.39. The van der Waals surface area contributed by atoms with Crippen molar-refractivity contribution in [1.29, 1.82) is 0 Å². The van der Waals surface area contributed by atoms with Gasteiger partial charge in [0.05, 0.1) is 43.1 Å². The lowest BCUT2D eigenvalue weighted by molar-refractivity contribution is -0.883. The number of carbonyl (C=O) groups is 1. The first-order chi connectivity index (χ1) is 11.8. The maximum atomic E-state index is 12.2. The van der Waals surface area contributed by atoms with Crippen LogP contribution in [0.15, 0.2) is 23.1 Å². The van der Waals surface area contributed by atoms with Gasteiger partial charge in [0.15, 0.2) is 6.61 Å². The molecule has 0 aliphatic carbocycles. The summed E-state index contributed by atoms with van der Waals surface area (Å²) in [7, 11) is -1.48. The van der Waals surface area contributed by atoms with Crippen LogP contribution in [0.25, 0.3) is 0 Å². The number of nitrogens with one attached hydrogen (secondary N) is 2. The van der Waals surface area contributed by atoms with Crippen LogP contribution in [-0.2, 0) is 14.8 Å². The van der Waals surface area contributed by atoms with Crippen LogP contribution >= 0.6 is 11.6 Å². The predicted octanol–water partition coefficient (Wildman–Crippen LogP) is -0.236. The van der Waals surface area contributed by atoms with Gasteiger partial charge in [-0.05, 0) is 24.6 Å². The van der Waals surface area contributed by atoms with Crippen LogP contribution in [0.5, 0.6) is 5.75 Å². The molecule has 1 aliphatic heterocycles. The van der Waals surface area contributed by atoms with Gasteiger partial charge in [-0.2, -0.15) is 0 Å². The number of nitrogens with zero attached hydrogens (tertiary/aromatic N) is 1. The highest BCUT2D eigenvalue weighted by atomic mass is 35.5. The number of carbonyl (C=O) groups excluding carboxylic acids is 1. The van der Waals surface area contributed by atoms with Crippen LogP contribution in [0.3, 0.4) is 0 Å². The topological polar surface area (TPSA) is 80.1 Å². The Morgan fingerprint density at radius 1 is 1.36 bits per heavy atom. The molecule has 2 N–H and O–H groups in total. The normalized spacial score (nSPS) is 16.0. The third-order valence-electron chi connectivity index (χ3n) is 4.08. The van der Waals surface area contributed by atoms with E-state index in [1.54, 1.807) is 4.90 Å². The Kier molecular flexibility index (Phi) is 7.06. The molecule has 1 saturated heterocycles. The van der Waals surface area contributed by atoms with Gasteiger partial charge in [-0.15, -0.1) is 0 Å². The molecule has 0 bridgehead atoms. The zero-order valence-electron chi connectivity index (χ0n) is 14.5. The minimum Gasteiger partial charge on any atom is -0.482 e. The van der Waals surface area contributed by atoms with Crippen molar-refractivity contribution >= 4 is 27.5 Å². The van der Waals surface area contributed by atoms with E-state index in [9.17, 15) is 13.2 Å². The number of halogens is 1. The molecule has 0 saturated carbocycles. The first kappa shape index (κ1) is 20.0. The van der Waals surface area contributed by atoms with Gasteiger partial charge in [0.1, 0.15) is 5.75 Å². The van der Waals surface area contributed by atoms with Crippen LogP contribution in [0.1, 0.15) is 13.3 Å². The summed E-state index contributed by atoms with van der Waals surface area (Å²) in [5.74, 6) is 0.203. The van der Waals surface area contributed by atoms with Gasteiger partial charge in [0, 0.05) is 6.54 Å². The average Bonchev–Trinajstić information content (AvgIpc) is 2.59. The maximum Gasteiger partial charge on any atom is 0.260 e. The Labute approximate surface area is 153 Å². The Bertz CT molecular complexity index is 703. The highest BCUT2D eigenvalue weighted by Gasteiger charge is 2.22. The van der Waals surface area contributed by atoms with E-state index in [4.69, 9.17) is 16.3 Å². The van der Waals surface area contributed by atoms with E-state index in [1.807, 2.05) is 6.92 Å². The Balaban J connectivity index is 1.96. The van der Waals surface area contributed by atoms with E-state index in [0.717, 1.165) is 13.1 Å². The highest BCUT2D eigenvalue weighted by molar-refractivity contribution is 7.89. The molecule has 2 rings (SSSR count). The molecule has 0 unspecified atom stereocenters. The number of hydrogen-bond acceptors (Lipinski definition) is 4. The molecule has 25 heavy (non-hydrogen) atoms. The third kappa shape index (κ3) is 5.57. The van der Waals surface area contributed by atoms with Crippen molar-refractivity contribution in [3.63, 3.8) is 0 Å². The molecule has 1 fully saturated rings. The van der Waals surface area contributed by atoms with Crippen molar-refractivity contribution in [3.8, 4) is 5.75 Å². The Morgan fingerprint density at radius 3 is 2.64 bits per heavy atom. The van der Waals surface area contributed by atoms with Gasteiger partial charge in [-0.25, -0.2) is 13.1 Å². The Morgan fingerprint density at radius 2 is 2.04 bits per heavy atom. The summed E-state index contributed by atoms with van der Waals surface area (Å²) < 4.78 is 32.1. The molecule has 140 valence electrons. The van der Waals surface area contributed by atoms with Crippen LogP contribution < -0.4 is 14.4 Å². The second kappa shape index (κ2) is 8.84. The van der Waals surface area contributed by atoms with Gasteiger partial charge >= 0.3 is 0 Å². The number of ether oxygens (including phenoxy) is 1. The fraction of sp³-hybridized carbons (Fsp3) is 0.562. The molecular formula is C16H25ClN3O4S+. The zero-order valence-corrected chi connectivity index (χ0v) is 16.1. The number of quaternary nitrogens is 1. The molecule has 0 atom stereocenters. The summed E-state index contributed by atoms with van der Waals surface area (Å²) >= 11 is 6.11. The fourth-order valence-electron chi connectivity index (χ4n) is 2.45. The number of benzene rings is 1. The SMILES string of the molecule is CCCNS(=O)(=O)c1ccc(OCC(=O)N2CC[NH+](C)CC2)c(Cl)c1. The van der Waals surface area contributed by atoms with Crippen LogP contribution in [0.2, 0.25) is 5.02 Å². The van der Waals surface area contributed by atoms with E-state index >= 15 is 0 Å². The lowest BCUT2D eigenvalue weighted by Crippen LogP contribution is -3.12. The summed E-state index contributed by atoms with van der Waals surface area (Å²) in [5, 5.41) is 0.162. The smallest absolute Gasteiger partial charge is 0.260 e. The van der Waals surface area contributed by atoms with E-state index < -0.39 is 10.0 Å². The first-order valence-corrected chi connectivity index (χ1v) is 10.2. The molecule has 0 spiro atoms. The minimum atomic E-state index is -3.58. The molecule has 1 amide bonds. The van der Waals surface area contributed by atoms with E-state index in [1.165, 1.54) is 23.1 Å². The highest BCUT2D eigenvalue weighted by Crippen LogP contribution is 2.27. The number of rotatable bonds is 7. The van der Waals surface area contributed by atoms with Crippen molar-refractivity contribution in [2.45, 2.75) is 18.2 Å². The van der Waals surface area contributed by atoms with Gasteiger partial charge in [0.25, 0.3) is 5.91 Å². The predicted molar refractivity (Wildman–Crippen MR) is 95.6 cm³/mol. The monoisotopic (exact) mass is 390 g/mol. The van der Waals surface area contributed by atoms with Gasteiger partial charge in [-0.3, -0.25) is 4.79 Å². The lowest BCUT2D eigenvalue weighted by Gasteiger charge is -2.30. The molecule has 0 radical (unpaired) electrons. The molecule has 9 heteroatoms. The molecule has 1 aromatic carbocycles. The average molecular weight is 391 g/mol. The number of hydrogen-bond donors (Lipinski definition) is 2. The van der Waals surface area contributed by atoms with Gasteiger partial charge in [-0.1, -0.05) is 18.5 Å². The minimum absolute atomic E-state index is 0.0756. The molecule has 7 nitrogen and oxygen atoms in total. The van der Waals surface area contributed by atoms with E-state index in [0.29, 0.717) is 31.8 Å².